The van der Waals surface area contributed by atoms with Gasteiger partial charge in [0.2, 0.25) is 0 Å². The molecule has 0 atom stereocenters. The molecule has 0 saturated heterocycles. The van der Waals surface area contributed by atoms with Gasteiger partial charge in [-0.2, -0.15) is 0 Å². The molecule has 0 aliphatic heterocycles. The second kappa shape index (κ2) is 3.58. The zero-order valence-corrected chi connectivity index (χ0v) is 7.88. The number of ketones is 1. The second-order valence-electron chi connectivity index (χ2n) is 2.52. The van der Waals surface area contributed by atoms with Gasteiger partial charge in [-0.3, -0.25) is 4.79 Å². The second-order valence-corrected chi connectivity index (χ2v) is 2.92. The molecule has 4 heteroatoms. The van der Waals surface area contributed by atoms with E-state index in [1.807, 2.05) is 13.2 Å². The molecule has 64 valence electrons. The zero-order valence-electron chi connectivity index (χ0n) is 6.98. The van der Waals surface area contributed by atoms with Crippen molar-refractivity contribution in [1.82, 2.24) is 9.55 Å². The smallest absolute Gasteiger partial charge is 0.165 e. The van der Waals surface area contributed by atoms with Crippen molar-refractivity contribution in [3.8, 4) is 0 Å². The number of rotatable bonds is 2. The van der Waals surface area contributed by atoms with Crippen molar-refractivity contribution >= 4 is 24.5 Å². The molecule has 0 bridgehead atoms. The standard InChI is InChI=1S/C8H10N2OS/c1-6(11)3-4-7-5-10(2)8(12)9-7/h3-5H,1-2H3,(H,9,12)/b4-3-. The van der Waals surface area contributed by atoms with Gasteiger partial charge in [-0.15, -0.1) is 12.6 Å². The van der Waals surface area contributed by atoms with Crippen molar-refractivity contribution in [3.63, 3.8) is 0 Å². The number of carbonyl (C=O) groups excluding carboxylic acids is 1. The highest BCUT2D eigenvalue weighted by atomic mass is 32.1. The molecule has 0 saturated carbocycles. The number of carbonyl (C=O) groups is 1. The van der Waals surface area contributed by atoms with Crippen molar-refractivity contribution in [2.45, 2.75) is 12.1 Å². The Hall–Kier alpha value is -1.03. The zero-order chi connectivity index (χ0) is 9.14. The maximum atomic E-state index is 10.6. The fourth-order valence-electron chi connectivity index (χ4n) is 0.762. The van der Waals surface area contributed by atoms with Crippen LogP contribution in [0.15, 0.2) is 17.4 Å². The molecule has 0 fully saturated rings. The third-order valence-corrected chi connectivity index (χ3v) is 1.77. The summed E-state index contributed by atoms with van der Waals surface area (Å²) in [6.45, 7) is 1.50. The summed E-state index contributed by atoms with van der Waals surface area (Å²) in [5.41, 5.74) is 0.748. The van der Waals surface area contributed by atoms with E-state index < -0.39 is 0 Å². The average Bonchev–Trinajstić information content (AvgIpc) is 2.28. The van der Waals surface area contributed by atoms with Gasteiger partial charge in [0.05, 0.1) is 5.69 Å². The molecule has 0 unspecified atom stereocenters. The number of allylic oxidation sites excluding steroid dienone is 1. The molecule has 0 aliphatic rings. The highest BCUT2D eigenvalue weighted by Gasteiger charge is 1.96. The van der Waals surface area contributed by atoms with Crippen LogP contribution < -0.4 is 0 Å². The monoisotopic (exact) mass is 182 g/mol. The molecule has 1 aromatic heterocycles. The number of hydrogen-bond donors (Lipinski definition) is 1. The summed E-state index contributed by atoms with van der Waals surface area (Å²) < 4.78 is 1.78. The van der Waals surface area contributed by atoms with E-state index in [0.29, 0.717) is 5.16 Å². The van der Waals surface area contributed by atoms with E-state index >= 15 is 0 Å². The number of aryl methyl sites for hydroxylation is 1. The van der Waals surface area contributed by atoms with Crippen LogP contribution in [-0.4, -0.2) is 15.3 Å². The molecule has 3 nitrogen and oxygen atoms in total. The van der Waals surface area contributed by atoms with Gasteiger partial charge in [0.15, 0.2) is 10.9 Å². The molecular weight excluding hydrogens is 172 g/mol. The fourth-order valence-corrected chi connectivity index (χ4v) is 0.936. The average molecular weight is 182 g/mol. The maximum Gasteiger partial charge on any atom is 0.165 e. The number of imidazole rings is 1. The topological polar surface area (TPSA) is 34.9 Å². The van der Waals surface area contributed by atoms with Gasteiger partial charge < -0.3 is 4.57 Å². The van der Waals surface area contributed by atoms with Gasteiger partial charge in [0.1, 0.15) is 0 Å². The lowest BCUT2D eigenvalue weighted by Crippen LogP contribution is -1.83. The lowest BCUT2D eigenvalue weighted by Gasteiger charge is -1.86. The minimum Gasteiger partial charge on any atom is -0.329 e. The molecule has 0 spiro atoms. The summed E-state index contributed by atoms with van der Waals surface area (Å²) in [6.07, 6.45) is 4.96. The van der Waals surface area contributed by atoms with E-state index in [1.165, 1.54) is 13.0 Å². The van der Waals surface area contributed by atoms with Crippen molar-refractivity contribution < 1.29 is 4.79 Å². The first-order valence-electron chi connectivity index (χ1n) is 3.50. The molecule has 0 aliphatic carbocycles. The molecular formula is C8H10N2OS. The Bertz CT molecular complexity index is 308. The number of nitrogens with zero attached hydrogens (tertiary/aromatic N) is 2. The van der Waals surface area contributed by atoms with Crippen LogP contribution in [0.5, 0.6) is 0 Å². The Balaban J connectivity index is 2.83. The predicted molar refractivity (Wildman–Crippen MR) is 50.2 cm³/mol. The van der Waals surface area contributed by atoms with Crippen molar-refractivity contribution in [2.24, 2.45) is 7.05 Å². The molecule has 0 N–H and O–H groups in total. The van der Waals surface area contributed by atoms with Crippen LogP contribution >= 0.6 is 12.6 Å². The lowest BCUT2D eigenvalue weighted by atomic mass is 10.3. The van der Waals surface area contributed by atoms with Crippen LogP contribution in [0.25, 0.3) is 6.08 Å². The van der Waals surface area contributed by atoms with Crippen LogP contribution in [0.3, 0.4) is 0 Å². The first-order valence-corrected chi connectivity index (χ1v) is 3.95. The van der Waals surface area contributed by atoms with E-state index in [0.717, 1.165) is 5.69 Å². The Morgan fingerprint density at radius 3 is 2.83 bits per heavy atom. The quantitative estimate of drug-likeness (QED) is 0.553. The fraction of sp³-hybridized carbons (Fsp3) is 0.250. The minimum atomic E-state index is 0.0152. The van der Waals surface area contributed by atoms with E-state index in [4.69, 9.17) is 0 Å². The van der Waals surface area contributed by atoms with Crippen LogP contribution in [0.1, 0.15) is 12.6 Å². The molecule has 0 amide bonds. The Kier molecular flexibility index (Phi) is 2.70. The Morgan fingerprint density at radius 1 is 1.75 bits per heavy atom. The van der Waals surface area contributed by atoms with E-state index in [-0.39, 0.29) is 5.78 Å². The summed E-state index contributed by atoms with van der Waals surface area (Å²) >= 11 is 4.10. The SMILES string of the molecule is CC(=O)/C=C\c1cn(C)c(S)n1. The summed E-state index contributed by atoms with van der Waals surface area (Å²) in [7, 11) is 1.85. The molecule has 1 aromatic rings. The van der Waals surface area contributed by atoms with Crippen molar-refractivity contribution in [2.75, 3.05) is 0 Å². The van der Waals surface area contributed by atoms with Crippen LogP contribution in [-0.2, 0) is 11.8 Å². The molecule has 0 radical (unpaired) electrons. The largest absolute Gasteiger partial charge is 0.329 e. The van der Waals surface area contributed by atoms with Crippen molar-refractivity contribution in [1.29, 1.82) is 0 Å². The van der Waals surface area contributed by atoms with Gasteiger partial charge in [-0.25, -0.2) is 4.98 Å². The first kappa shape index (κ1) is 9.06. The van der Waals surface area contributed by atoms with E-state index in [1.54, 1.807) is 10.6 Å². The minimum absolute atomic E-state index is 0.0152. The van der Waals surface area contributed by atoms with Gasteiger partial charge in [0, 0.05) is 13.2 Å². The van der Waals surface area contributed by atoms with Gasteiger partial charge in [0.25, 0.3) is 0 Å². The van der Waals surface area contributed by atoms with E-state index in [2.05, 4.69) is 17.6 Å². The predicted octanol–water partition coefficient (Wildman–Crippen LogP) is 1.31. The Morgan fingerprint density at radius 2 is 2.42 bits per heavy atom. The van der Waals surface area contributed by atoms with Crippen molar-refractivity contribution in [3.05, 3.63) is 18.0 Å². The van der Waals surface area contributed by atoms with Crippen LogP contribution in [0.2, 0.25) is 0 Å². The summed E-state index contributed by atoms with van der Waals surface area (Å²) in [5, 5.41) is 0.637. The maximum absolute atomic E-state index is 10.6. The molecule has 1 heterocycles. The van der Waals surface area contributed by atoms with Crippen LogP contribution in [0.4, 0.5) is 0 Å². The van der Waals surface area contributed by atoms with Gasteiger partial charge in [-0.1, -0.05) is 0 Å². The lowest BCUT2D eigenvalue weighted by molar-refractivity contribution is -0.112. The van der Waals surface area contributed by atoms with Gasteiger partial charge in [-0.05, 0) is 19.1 Å². The molecule has 1 rings (SSSR count). The Labute approximate surface area is 76.5 Å². The third kappa shape index (κ3) is 2.23. The number of hydrogen-bond acceptors (Lipinski definition) is 3. The summed E-state index contributed by atoms with van der Waals surface area (Å²) in [6, 6.07) is 0. The number of aromatic nitrogens is 2. The van der Waals surface area contributed by atoms with Crippen LogP contribution in [0, 0.1) is 0 Å². The highest BCUT2D eigenvalue weighted by molar-refractivity contribution is 7.80. The first-order chi connectivity index (χ1) is 5.59. The van der Waals surface area contributed by atoms with Gasteiger partial charge >= 0.3 is 0 Å². The molecule has 0 aromatic carbocycles. The van der Waals surface area contributed by atoms with E-state index in [9.17, 15) is 4.79 Å². The third-order valence-electron chi connectivity index (χ3n) is 1.36. The molecule has 12 heavy (non-hydrogen) atoms. The summed E-state index contributed by atoms with van der Waals surface area (Å²) in [4.78, 5) is 14.6. The normalized spacial score (nSPS) is 10.9. The number of thiol groups is 1. The highest BCUT2D eigenvalue weighted by Crippen LogP contribution is 2.06. The summed E-state index contributed by atoms with van der Waals surface area (Å²) in [5.74, 6) is 0.0152.